The molecule has 0 spiro atoms. The van der Waals surface area contributed by atoms with E-state index in [2.05, 4.69) is 17.4 Å². The Morgan fingerprint density at radius 1 is 1.25 bits per heavy atom. The minimum Gasteiger partial charge on any atom is -0.497 e. The first-order valence-corrected chi connectivity index (χ1v) is 5.78. The highest BCUT2D eigenvalue weighted by molar-refractivity contribution is 5.28. The summed E-state index contributed by atoms with van der Waals surface area (Å²) in [6.45, 7) is 5.47. The molecule has 0 saturated carbocycles. The second kappa shape index (κ2) is 8.13. The Labute approximate surface area is 97.8 Å². The maximum atomic E-state index is 5.24. The summed E-state index contributed by atoms with van der Waals surface area (Å²) in [5, 5.41) is 3.34. The van der Waals surface area contributed by atoms with Crippen molar-refractivity contribution < 1.29 is 9.47 Å². The van der Waals surface area contributed by atoms with Crippen molar-refractivity contribution >= 4 is 0 Å². The van der Waals surface area contributed by atoms with Gasteiger partial charge in [0.05, 0.1) is 13.7 Å². The van der Waals surface area contributed by atoms with E-state index < -0.39 is 0 Å². The van der Waals surface area contributed by atoms with E-state index in [4.69, 9.17) is 9.47 Å². The highest BCUT2D eigenvalue weighted by atomic mass is 16.5. The summed E-state index contributed by atoms with van der Waals surface area (Å²) in [5.41, 5.74) is 1.29. The highest BCUT2D eigenvalue weighted by Crippen LogP contribution is 2.12. The molecule has 0 bridgehead atoms. The van der Waals surface area contributed by atoms with Gasteiger partial charge in [0.2, 0.25) is 0 Å². The molecule has 0 heterocycles. The fourth-order valence-corrected chi connectivity index (χ4v) is 1.47. The van der Waals surface area contributed by atoms with E-state index >= 15 is 0 Å². The zero-order valence-corrected chi connectivity index (χ0v) is 10.2. The van der Waals surface area contributed by atoms with E-state index in [1.54, 1.807) is 7.11 Å². The number of rotatable bonds is 8. The normalized spacial score (nSPS) is 10.4. The molecule has 0 radical (unpaired) electrons. The summed E-state index contributed by atoms with van der Waals surface area (Å²) in [4.78, 5) is 0. The second-order valence-corrected chi connectivity index (χ2v) is 3.55. The largest absolute Gasteiger partial charge is 0.497 e. The van der Waals surface area contributed by atoms with Crippen molar-refractivity contribution in [3.63, 3.8) is 0 Å². The molecule has 0 saturated heterocycles. The summed E-state index contributed by atoms with van der Waals surface area (Å²) < 4.78 is 10.4. The molecule has 1 aromatic carbocycles. The number of methoxy groups -OCH3 is 1. The van der Waals surface area contributed by atoms with Gasteiger partial charge in [-0.05, 0) is 37.6 Å². The van der Waals surface area contributed by atoms with Crippen molar-refractivity contribution in [2.75, 3.05) is 33.4 Å². The van der Waals surface area contributed by atoms with Crippen molar-refractivity contribution in [3.05, 3.63) is 29.8 Å². The van der Waals surface area contributed by atoms with E-state index in [0.29, 0.717) is 0 Å². The predicted molar refractivity (Wildman–Crippen MR) is 66.1 cm³/mol. The minimum atomic E-state index is 0.786. The van der Waals surface area contributed by atoms with Crippen molar-refractivity contribution in [1.82, 2.24) is 5.32 Å². The monoisotopic (exact) mass is 223 g/mol. The lowest BCUT2D eigenvalue weighted by atomic mass is 10.1. The molecule has 0 aromatic heterocycles. The van der Waals surface area contributed by atoms with Gasteiger partial charge in [0.15, 0.2) is 0 Å². The third-order valence-corrected chi connectivity index (χ3v) is 2.35. The van der Waals surface area contributed by atoms with Crippen LogP contribution in [0.15, 0.2) is 24.3 Å². The summed E-state index contributed by atoms with van der Waals surface area (Å²) in [6.07, 6.45) is 1.02. The van der Waals surface area contributed by atoms with Crippen molar-refractivity contribution in [1.29, 1.82) is 0 Å². The molecule has 16 heavy (non-hydrogen) atoms. The van der Waals surface area contributed by atoms with Gasteiger partial charge >= 0.3 is 0 Å². The summed E-state index contributed by atoms with van der Waals surface area (Å²) >= 11 is 0. The molecule has 0 aliphatic heterocycles. The average Bonchev–Trinajstić information content (AvgIpc) is 2.34. The maximum Gasteiger partial charge on any atom is 0.119 e. The molecular weight excluding hydrogens is 202 g/mol. The van der Waals surface area contributed by atoms with Gasteiger partial charge in [-0.25, -0.2) is 0 Å². The summed E-state index contributed by atoms with van der Waals surface area (Å²) in [5.74, 6) is 0.923. The molecule has 1 rings (SSSR count). The fourth-order valence-electron chi connectivity index (χ4n) is 1.47. The first-order chi connectivity index (χ1) is 7.86. The van der Waals surface area contributed by atoms with Crippen LogP contribution in [-0.4, -0.2) is 33.4 Å². The highest BCUT2D eigenvalue weighted by Gasteiger charge is 1.95. The molecule has 0 amide bonds. The zero-order chi connectivity index (χ0) is 11.6. The van der Waals surface area contributed by atoms with Crippen molar-refractivity contribution in [3.8, 4) is 5.75 Å². The molecular formula is C13H21NO2. The van der Waals surface area contributed by atoms with Crippen LogP contribution in [0.2, 0.25) is 0 Å². The van der Waals surface area contributed by atoms with Crippen LogP contribution < -0.4 is 10.1 Å². The SMILES string of the molecule is CCOCCNCCc1cccc(OC)c1. The van der Waals surface area contributed by atoms with Crippen molar-refractivity contribution in [2.45, 2.75) is 13.3 Å². The first-order valence-electron chi connectivity index (χ1n) is 5.78. The molecule has 0 fully saturated rings. The van der Waals surface area contributed by atoms with Crippen LogP contribution in [0.1, 0.15) is 12.5 Å². The Kier molecular flexibility index (Phi) is 6.61. The zero-order valence-electron chi connectivity index (χ0n) is 10.2. The molecule has 90 valence electrons. The van der Waals surface area contributed by atoms with Crippen molar-refractivity contribution in [2.24, 2.45) is 0 Å². The van der Waals surface area contributed by atoms with Gasteiger partial charge in [-0.1, -0.05) is 12.1 Å². The lowest BCUT2D eigenvalue weighted by molar-refractivity contribution is 0.149. The van der Waals surface area contributed by atoms with E-state index in [0.717, 1.165) is 38.5 Å². The molecule has 0 atom stereocenters. The molecule has 3 nitrogen and oxygen atoms in total. The number of ether oxygens (including phenoxy) is 2. The van der Waals surface area contributed by atoms with Gasteiger partial charge in [0, 0.05) is 13.2 Å². The lowest BCUT2D eigenvalue weighted by Crippen LogP contribution is -2.22. The smallest absolute Gasteiger partial charge is 0.119 e. The fraction of sp³-hybridized carbons (Fsp3) is 0.538. The van der Waals surface area contributed by atoms with Crippen LogP contribution in [0.5, 0.6) is 5.75 Å². The van der Waals surface area contributed by atoms with Gasteiger partial charge in [0.1, 0.15) is 5.75 Å². The topological polar surface area (TPSA) is 30.5 Å². The third kappa shape index (κ3) is 5.14. The number of nitrogens with one attached hydrogen (secondary N) is 1. The third-order valence-electron chi connectivity index (χ3n) is 2.35. The quantitative estimate of drug-likeness (QED) is 0.682. The molecule has 0 unspecified atom stereocenters. The first kappa shape index (κ1) is 13.0. The summed E-state index contributed by atoms with van der Waals surface area (Å²) in [7, 11) is 1.69. The van der Waals surface area contributed by atoms with E-state index in [9.17, 15) is 0 Å². The predicted octanol–water partition coefficient (Wildman–Crippen LogP) is 1.86. The van der Waals surface area contributed by atoms with E-state index in [1.165, 1.54) is 5.56 Å². The molecule has 3 heteroatoms. The van der Waals surface area contributed by atoms with Gasteiger partial charge in [-0.2, -0.15) is 0 Å². The number of hydrogen-bond acceptors (Lipinski definition) is 3. The second-order valence-electron chi connectivity index (χ2n) is 3.55. The van der Waals surface area contributed by atoms with Gasteiger partial charge in [-0.3, -0.25) is 0 Å². The minimum absolute atomic E-state index is 0.786. The Morgan fingerprint density at radius 3 is 2.88 bits per heavy atom. The Morgan fingerprint density at radius 2 is 2.12 bits per heavy atom. The van der Waals surface area contributed by atoms with Crippen LogP contribution >= 0.6 is 0 Å². The van der Waals surface area contributed by atoms with E-state index in [1.807, 2.05) is 19.1 Å². The molecule has 1 aromatic rings. The molecule has 0 aliphatic carbocycles. The Balaban J connectivity index is 2.16. The number of hydrogen-bond donors (Lipinski definition) is 1. The van der Waals surface area contributed by atoms with Crippen LogP contribution in [0, 0.1) is 0 Å². The summed E-state index contributed by atoms with van der Waals surface area (Å²) in [6, 6.07) is 8.18. The van der Waals surface area contributed by atoms with Crippen LogP contribution in [-0.2, 0) is 11.2 Å². The average molecular weight is 223 g/mol. The molecule has 1 N–H and O–H groups in total. The standard InChI is InChI=1S/C13H21NO2/c1-3-16-10-9-14-8-7-12-5-4-6-13(11-12)15-2/h4-6,11,14H,3,7-10H2,1-2H3. The van der Waals surface area contributed by atoms with Gasteiger partial charge in [0.25, 0.3) is 0 Å². The maximum absolute atomic E-state index is 5.24. The van der Waals surface area contributed by atoms with Gasteiger partial charge < -0.3 is 14.8 Å². The Bertz CT molecular complexity index is 289. The van der Waals surface area contributed by atoms with Crippen LogP contribution in [0.3, 0.4) is 0 Å². The number of benzene rings is 1. The van der Waals surface area contributed by atoms with E-state index in [-0.39, 0.29) is 0 Å². The Hall–Kier alpha value is -1.06. The van der Waals surface area contributed by atoms with Crippen LogP contribution in [0.25, 0.3) is 0 Å². The molecule has 0 aliphatic rings. The van der Waals surface area contributed by atoms with Gasteiger partial charge in [-0.15, -0.1) is 0 Å². The van der Waals surface area contributed by atoms with Crippen LogP contribution in [0.4, 0.5) is 0 Å². The lowest BCUT2D eigenvalue weighted by Gasteiger charge is -2.06.